The molecular weight excluding hydrogens is 352 g/mol. The first-order chi connectivity index (χ1) is 13.8. The van der Waals surface area contributed by atoms with Gasteiger partial charge in [0.15, 0.2) is 0 Å². The van der Waals surface area contributed by atoms with E-state index in [2.05, 4.69) is 26.6 Å². The Hall–Kier alpha value is -2.34. The van der Waals surface area contributed by atoms with E-state index in [-0.39, 0.29) is 11.8 Å². The lowest BCUT2D eigenvalue weighted by Gasteiger charge is -2.33. The summed E-state index contributed by atoms with van der Waals surface area (Å²) in [7, 11) is 1.71. The van der Waals surface area contributed by atoms with Gasteiger partial charge >= 0.3 is 0 Å². The lowest BCUT2D eigenvalue weighted by molar-refractivity contribution is 0.0702. The number of imidazole rings is 1. The van der Waals surface area contributed by atoms with E-state index < -0.39 is 0 Å². The molecule has 0 bridgehead atoms. The van der Waals surface area contributed by atoms with Gasteiger partial charge < -0.3 is 19.1 Å². The molecule has 1 atom stereocenters. The van der Waals surface area contributed by atoms with Gasteiger partial charge in [0.2, 0.25) is 0 Å². The van der Waals surface area contributed by atoms with Gasteiger partial charge in [0, 0.05) is 69.4 Å². The maximum Gasteiger partial charge on any atom is 0.253 e. The monoisotopic (exact) mass is 382 g/mol. The average Bonchev–Trinajstić information content (AvgIpc) is 3.44. The Bertz CT molecular complexity index is 780. The summed E-state index contributed by atoms with van der Waals surface area (Å²) in [5.74, 6) is 1.49. The quantitative estimate of drug-likeness (QED) is 0.770. The van der Waals surface area contributed by atoms with Crippen LogP contribution in [-0.2, 0) is 11.3 Å². The van der Waals surface area contributed by atoms with E-state index in [9.17, 15) is 4.79 Å². The minimum Gasteiger partial charge on any atom is -0.383 e. The summed E-state index contributed by atoms with van der Waals surface area (Å²) in [6.07, 6.45) is 8.46. The third kappa shape index (κ3) is 4.07. The van der Waals surface area contributed by atoms with Crippen molar-refractivity contribution in [3.05, 3.63) is 48.0 Å². The van der Waals surface area contributed by atoms with Crippen LogP contribution in [0.1, 0.15) is 47.8 Å². The van der Waals surface area contributed by atoms with Crippen molar-refractivity contribution >= 4 is 11.6 Å². The topological polar surface area (TPSA) is 50.6 Å². The summed E-state index contributed by atoms with van der Waals surface area (Å²) in [6.45, 7) is 5.27. The van der Waals surface area contributed by atoms with Crippen LogP contribution in [-0.4, -0.2) is 60.3 Å². The fourth-order valence-corrected chi connectivity index (χ4v) is 4.40. The number of nitrogens with zero attached hydrogens (tertiary/aromatic N) is 4. The Labute approximate surface area is 167 Å². The molecule has 1 aromatic carbocycles. The molecule has 2 aromatic rings. The molecule has 150 valence electrons. The molecule has 0 radical (unpaired) electrons. The third-order valence-electron chi connectivity index (χ3n) is 5.94. The molecule has 0 unspecified atom stereocenters. The number of ether oxygens (including phenoxy) is 1. The summed E-state index contributed by atoms with van der Waals surface area (Å²) in [4.78, 5) is 22.0. The van der Waals surface area contributed by atoms with Crippen molar-refractivity contribution < 1.29 is 9.53 Å². The zero-order valence-electron chi connectivity index (χ0n) is 16.7. The van der Waals surface area contributed by atoms with Crippen molar-refractivity contribution in [3.63, 3.8) is 0 Å². The van der Waals surface area contributed by atoms with Crippen molar-refractivity contribution in [2.45, 2.75) is 38.1 Å². The van der Waals surface area contributed by atoms with E-state index in [0.717, 1.165) is 57.0 Å². The first-order valence-electron chi connectivity index (χ1n) is 10.4. The number of hydrogen-bond donors (Lipinski definition) is 0. The maximum absolute atomic E-state index is 13.1. The largest absolute Gasteiger partial charge is 0.383 e. The summed E-state index contributed by atoms with van der Waals surface area (Å²) >= 11 is 0. The molecule has 3 heterocycles. The molecule has 1 aromatic heterocycles. The van der Waals surface area contributed by atoms with Crippen LogP contribution in [0.15, 0.2) is 36.7 Å². The SMILES string of the molecule is COCCn1ccnc1[C@@H]1CCCN(C(=O)c2ccc(N3CCCC3)cc2)C1. The maximum atomic E-state index is 13.1. The molecule has 0 spiro atoms. The summed E-state index contributed by atoms with van der Waals surface area (Å²) in [5, 5.41) is 0. The van der Waals surface area contributed by atoms with Gasteiger partial charge in [-0.1, -0.05) is 0 Å². The number of anilines is 1. The van der Waals surface area contributed by atoms with Crippen molar-refractivity contribution in [3.8, 4) is 0 Å². The first kappa shape index (κ1) is 19.0. The second kappa shape index (κ2) is 8.78. The Balaban J connectivity index is 1.42. The lowest BCUT2D eigenvalue weighted by Crippen LogP contribution is -2.39. The van der Waals surface area contributed by atoms with Crippen molar-refractivity contribution in [2.24, 2.45) is 0 Å². The minimum atomic E-state index is 0.132. The molecule has 4 rings (SSSR count). The lowest BCUT2D eigenvalue weighted by atomic mass is 9.96. The zero-order valence-corrected chi connectivity index (χ0v) is 16.7. The van der Waals surface area contributed by atoms with Gasteiger partial charge in [-0.15, -0.1) is 0 Å². The molecule has 0 aliphatic carbocycles. The highest BCUT2D eigenvalue weighted by Crippen LogP contribution is 2.27. The standard InChI is InChI=1S/C22H30N4O2/c1-28-16-15-25-14-10-23-21(25)19-5-4-13-26(17-19)22(27)18-6-8-20(9-7-18)24-11-2-3-12-24/h6-10,14,19H,2-5,11-13,15-17H2,1H3/t19-/m1/s1. The number of piperidine rings is 1. The van der Waals surface area contributed by atoms with Crippen LogP contribution in [0.25, 0.3) is 0 Å². The molecule has 1 amide bonds. The molecule has 2 fully saturated rings. The predicted molar refractivity (Wildman–Crippen MR) is 110 cm³/mol. The molecule has 0 N–H and O–H groups in total. The van der Waals surface area contributed by atoms with E-state index in [0.29, 0.717) is 6.61 Å². The van der Waals surface area contributed by atoms with Crippen LogP contribution in [0.4, 0.5) is 5.69 Å². The van der Waals surface area contributed by atoms with Gasteiger partial charge in [0.1, 0.15) is 5.82 Å². The second-order valence-electron chi connectivity index (χ2n) is 7.80. The zero-order chi connectivity index (χ0) is 19.3. The van der Waals surface area contributed by atoms with Gasteiger partial charge in [-0.3, -0.25) is 4.79 Å². The molecular formula is C22H30N4O2. The number of benzene rings is 1. The number of hydrogen-bond acceptors (Lipinski definition) is 4. The first-order valence-corrected chi connectivity index (χ1v) is 10.4. The van der Waals surface area contributed by atoms with E-state index in [1.165, 1.54) is 18.5 Å². The second-order valence-corrected chi connectivity index (χ2v) is 7.80. The molecule has 28 heavy (non-hydrogen) atoms. The molecule has 0 saturated carbocycles. The van der Waals surface area contributed by atoms with E-state index in [1.54, 1.807) is 7.11 Å². The smallest absolute Gasteiger partial charge is 0.253 e. The van der Waals surface area contributed by atoms with E-state index in [1.807, 2.05) is 29.4 Å². The van der Waals surface area contributed by atoms with Crippen molar-refractivity contribution in [1.29, 1.82) is 0 Å². The number of carbonyl (C=O) groups is 1. The molecule has 6 nitrogen and oxygen atoms in total. The van der Waals surface area contributed by atoms with Gasteiger partial charge in [0.25, 0.3) is 5.91 Å². The Morgan fingerprint density at radius 1 is 1.14 bits per heavy atom. The van der Waals surface area contributed by atoms with Crippen LogP contribution in [0.3, 0.4) is 0 Å². The number of rotatable bonds is 6. The van der Waals surface area contributed by atoms with Gasteiger partial charge in [-0.05, 0) is 49.9 Å². The number of aromatic nitrogens is 2. The molecule has 2 aliphatic heterocycles. The molecule has 2 aliphatic rings. The third-order valence-corrected chi connectivity index (χ3v) is 5.94. The van der Waals surface area contributed by atoms with Gasteiger partial charge in [-0.2, -0.15) is 0 Å². The highest BCUT2D eigenvalue weighted by atomic mass is 16.5. The van der Waals surface area contributed by atoms with Crippen LogP contribution in [0.5, 0.6) is 0 Å². The van der Waals surface area contributed by atoms with E-state index >= 15 is 0 Å². The molecule has 2 saturated heterocycles. The van der Waals surface area contributed by atoms with Crippen molar-refractivity contribution in [1.82, 2.24) is 14.5 Å². The van der Waals surface area contributed by atoms with Gasteiger partial charge in [0.05, 0.1) is 6.61 Å². The number of carbonyl (C=O) groups excluding carboxylic acids is 1. The van der Waals surface area contributed by atoms with Gasteiger partial charge in [-0.25, -0.2) is 4.98 Å². The summed E-state index contributed by atoms with van der Waals surface area (Å²) < 4.78 is 7.36. The highest BCUT2D eigenvalue weighted by Gasteiger charge is 2.28. The normalized spacial score (nSPS) is 20.0. The van der Waals surface area contributed by atoms with Crippen LogP contribution < -0.4 is 4.90 Å². The molecule has 6 heteroatoms. The predicted octanol–water partition coefficient (Wildman–Crippen LogP) is 3.15. The fourth-order valence-electron chi connectivity index (χ4n) is 4.40. The number of likely N-dealkylation sites (tertiary alicyclic amines) is 1. The van der Waals surface area contributed by atoms with Crippen LogP contribution >= 0.6 is 0 Å². The van der Waals surface area contributed by atoms with Crippen molar-refractivity contribution in [2.75, 3.05) is 44.8 Å². The highest BCUT2D eigenvalue weighted by molar-refractivity contribution is 5.94. The summed E-state index contributed by atoms with van der Waals surface area (Å²) in [5.41, 5.74) is 2.01. The summed E-state index contributed by atoms with van der Waals surface area (Å²) in [6, 6.07) is 8.16. The Kier molecular flexibility index (Phi) is 5.95. The number of methoxy groups -OCH3 is 1. The van der Waals surface area contributed by atoms with Crippen LogP contribution in [0, 0.1) is 0 Å². The number of amides is 1. The Morgan fingerprint density at radius 2 is 1.93 bits per heavy atom. The van der Waals surface area contributed by atoms with E-state index in [4.69, 9.17) is 4.74 Å². The minimum absolute atomic E-state index is 0.132. The Morgan fingerprint density at radius 3 is 2.68 bits per heavy atom. The fraction of sp³-hybridized carbons (Fsp3) is 0.545. The van der Waals surface area contributed by atoms with Crippen LogP contribution in [0.2, 0.25) is 0 Å². The average molecular weight is 383 g/mol.